The topological polar surface area (TPSA) is 35.7 Å². The number of hydrogen-bond donors (Lipinski definition) is 1. The summed E-state index contributed by atoms with van der Waals surface area (Å²) in [6.45, 7) is 11.5. The molecule has 2 atom stereocenters. The fraction of sp³-hybridized carbons (Fsp3) is 1.00. The average Bonchev–Trinajstić information content (AvgIpc) is 2.89. The van der Waals surface area contributed by atoms with Crippen LogP contribution in [0.2, 0.25) is 0 Å². The molecule has 4 heteroatoms. The largest absolute Gasteiger partial charge is 0.329 e. The Labute approximate surface area is 131 Å². The molecule has 2 rings (SSSR count). The van der Waals surface area contributed by atoms with Gasteiger partial charge in [0.05, 0.1) is 0 Å². The summed E-state index contributed by atoms with van der Waals surface area (Å²) in [5, 5.41) is 0. The summed E-state index contributed by atoms with van der Waals surface area (Å²) in [6.07, 6.45) is 5.29. The fourth-order valence-electron chi connectivity index (χ4n) is 4.20. The molecule has 0 radical (unpaired) electrons. The van der Waals surface area contributed by atoms with Gasteiger partial charge in [0, 0.05) is 44.3 Å². The van der Waals surface area contributed by atoms with E-state index < -0.39 is 0 Å². The van der Waals surface area contributed by atoms with Crippen LogP contribution in [-0.2, 0) is 0 Å². The molecule has 2 unspecified atom stereocenters. The first-order chi connectivity index (χ1) is 9.97. The van der Waals surface area contributed by atoms with Gasteiger partial charge in [-0.2, -0.15) is 0 Å². The molecule has 0 aromatic rings. The molecular weight excluding hydrogens is 260 g/mol. The van der Waals surface area contributed by atoms with Crippen molar-refractivity contribution in [2.24, 2.45) is 11.7 Å². The van der Waals surface area contributed by atoms with Crippen LogP contribution < -0.4 is 5.73 Å². The van der Waals surface area contributed by atoms with Crippen LogP contribution >= 0.6 is 0 Å². The van der Waals surface area contributed by atoms with Gasteiger partial charge in [-0.1, -0.05) is 13.8 Å². The van der Waals surface area contributed by atoms with Crippen LogP contribution in [0.1, 0.15) is 39.5 Å². The Balaban J connectivity index is 2.09. The zero-order valence-electron chi connectivity index (χ0n) is 14.6. The van der Waals surface area contributed by atoms with Gasteiger partial charge < -0.3 is 15.5 Å². The minimum absolute atomic E-state index is 0.242. The van der Waals surface area contributed by atoms with Crippen molar-refractivity contribution in [3.8, 4) is 0 Å². The van der Waals surface area contributed by atoms with Crippen molar-refractivity contribution in [3.63, 3.8) is 0 Å². The average molecular weight is 297 g/mol. The van der Waals surface area contributed by atoms with Gasteiger partial charge in [-0.3, -0.25) is 4.90 Å². The van der Waals surface area contributed by atoms with Crippen molar-refractivity contribution in [3.05, 3.63) is 0 Å². The molecule has 2 aliphatic rings. The third-order valence-corrected chi connectivity index (χ3v) is 5.43. The molecule has 2 heterocycles. The van der Waals surface area contributed by atoms with E-state index in [1.807, 2.05) is 0 Å². The molecule has 2 fully saturated rings. The second-order valence-corrected chi connectivity index (χ2v) is 7.86. The van der Waals surface area contributed by atoms with Gasteiger partial charge in [0.1, 0.15) is 0 Å². The lowest BCUT2D eigenvalue weighted by Gasteiger charge is -2.51. The smallest absolute Gasteiger partial charge is 0.0359 e. The molecule has 0 aliphatic carbocycles. The number of nitrogens with two attached hydrogens (primary N) is 1. The summed E-state index contributed by atoms with van der Waals surface area (Å²) in [5.41, 5.74) is 6.57. The van der Waals surface area contributed by atoms with E-state index in [9.17, 15) is 0 Å². The number of fused-ring (bicyclic) bond motifs is 1. The Kier molecular flexibility index (Phi) is 6.06. The molecule has 0 bridgehead atoms. The van der Waals surface area contributed by atoms with Gasteiger partial charge in [-0.25, -0.2) is 0 Å². The second kappa shape index (κ2) is 7.40. The zero-order valence-corrected chi connectivity index (χ0v) is 14.6. The first kappa shape index (κ1) is 17.2. The van der Waals surface area contributed by atoms with Gasteiger partial charge in [0.25, 0.3) is 0 Å². The number of nitrogens with zero attached hydrogens (tertiary/aromatic N) is 3. The van der Waals surface area contributed by atoms with Crippen LogP contribution in [0.4, 0.5) is 0 Å². The lowest BCUT2D eigenvalue weighted by Crippen LogP contribution is -2.62. The van der Waals surface area contributed by atoms with Gasteiger partial charge in [-0.05, 0) is 52.2 Å². The molecule has 0 aromatic heterocycles. The van der Waals surface area contributed by atoms with Crippen molar-refractivity contribution in [1.29, 1.82) is 0 Å². The summed E-state index contributed by atoms with van der Waals surface area (Å²) in [4.78, 5) is 7.73. The lowest BCUT2D eigenvalue weighted by molar-refractivity contribution is 0.000572. The normalized spacial score (nSPS) is 30.6. The standard InChI is InChI=1S/C17H36N4/c1-15(2)13-21(11-10-19(3)4)17(14-18)7-9-20-8-5-6-16(20)12-17/h15-16H,5-14,18H2,1-4H3. The Morgan fingerprint density at radius 3 is 2.62 bits per heavy atom. The Morgan fingerprint density at radius 2 is 2.00 bits per heavy atom. The predicted molar refractivity (Wildman–Crippen MR) is 90.6 cm³/mol. The van der Waals surface area contributed by atoms with Gasteiger partial charge in [-0.15, -0.1) is 0 Å². The maximum atomic E-state index is 6.33. The minimum Gasteiger partial charge on any atom is -0.329 e. The first-order valence-electron chi connectivity index (χ1n) is 8.81. The van der Waals surface area contributed by atoms with Crippen LogP contribution in [0.15, 0.2) is 0 Å². The molecule has 0 aromatic carbocycles. The van der Waals surface area contributed by atoms with Crippen LogP contribution in [0.5, 0.6) is 0 Å². The lowest BCUT2D eigenvalue weighted by atomic mass is 9.81. The third kappa shape index (κ3) is 4.19. The van der Waals surface area contributed by atoms with Crippen LogP contribution in [0, 0.1) is 5.92 Å². The van der Waals surface area contributed by atoms with Crippen LogP contribution in [-0.4, -0.2) is 79.6 Å². The Bertz CT molecular complexity index is 318. The van der Waals surface area contributed by atoms with E-state index in [0.29, 0.717) is 5.92 Å². The monoisotopic (exact) mass is 296 g/mol. The molecule has 2 N–H and O–H groups in total. The van der Waals surface area contributed by atoms with Crippen molar-refractivity contribution in [2.75, 3.05) is 53.4 Å². The van der Waals surface area contributed by atoms with E-state index in [0.717, 1.165) is 25.7 Å². The zero-order chi connectivity index (χ0) is 15.5. The maximum absolute atomic E-state index is 6.33. The SMILES string of the molecule is CC(C)CN(CCN(C)C)C1(CN)CCN2CCCC2C1. The first-order valence-corrected chi connectivity index (χ1v) is 8.81. The molecule has 124 valence electrons. The summed E-state index contributed by atoms with van der Waals surface area (Å²) < 4.78 is 0. The van der Waals surface area contributed by atoms with Crippen molar-refractivity contribution in [1.82, 2.24) is 14.7 Å². The van der Waals surface area contributed by atoms with E-state index in [1.54, 1.807) is 0 Å². The number of rotatable bonds is 7. The van der Waals surface area contributed by atoms with Gasteiger partial charge in [0.15, 0.2) is 0 Å². The second-order valence-electron chi connectivity index (χ2n) is 7.86. The molecule has 0 spiro atoms. The fourth-order valence-corrected chi connectivity index (χ4v) is 4.20. The van der Waals surface area contributed by atoms with Crippen LogP contribution in [0.3, 0.4) is 0 Å². The highest BCUT2D eigenvalue weighted by Gasteiger charge is 2.44. The summed E-state index contributed by atoms with van der Waals surface area (Å²) in [5.74, 6) is 0.706. The molecule has 4 nitrogen and oxygen atoms in total. The molecule has 0 saturated carbocycles. The van der Waals surface area contributed by atoms with Crippen LogP contribution in [0.25, 0.3) is 0 Å². The van der Waals surface area contributed by atoms with Gasteiger partial charge >= 0.3 is 0 Å². The van der Waals surface area contributed by atoms with E-state index in [-0.39, 0.29) is 5.54 Å². The van der Waals surface area contributed by atoms with Crippen molar-refractivity contribution in [2.45, 2.75) is 51.1 Å². The molecular formula is C17H36N4. The maximum Gasteiger partial charge on any atom is 0.0359 e. The highest BCUT2D eigenvalue weighted by molar-refractivity contribution is 5.02. The Hall–Kier alpha value is -0.160. The quantitative estimate of drug-likeness (QED) is 0.771. The number of piperidine rings is 1. The highest BCUT2D eigenvalue weighted by Crippen LogP contribution is 2.36. The molecule has 0 amide bonds. The van der Waals surface area contributed by atoms with Gasteiger partial charge in [0.2, 0.25) is 0 Å². The summed E-state index contributed by atoms with van der Waals surface area (Å²) in [6, 6.07) is 0.788. The Morgan fingerprint density at radius 1 is 1.24 bits per heavy atom. The van der Waals surface area contributed by atoms with E-state index in [4.69, 9.17) is 5.73 Å². The molecule has 2 aliphatic heterocycles. The summed E-state index contributed by atoms with van der Waals surface area (Å²) >= 11 is 0. The highest BCUT2D eigenvalue weighted by atomic mass is 15.3. The number of hydrogen-bond acceptors (Lipinski definition) is 4. The molecule has 2 saturated heterocycles. The number of likely N-dealkylation sites (N-methyl/N-ethyl adjacent to an activating group) is 1. The van der Waals surface area contributed by atoms with Crippen molar-refractivity contribution < 1.29 is 0 Å². The summed E-state index contributed by atoms with van der Waals surface area (Å²) in [7, 11) is 4.34. The molecule has 21 heavy (non-hydrogen) atoms. The van der Waals surface area contributed by atoms with Crippen molar-refractivity contribution >= 4 is 0 Å². The van der Waals surface area contributed by atoms with E-state index in [1.165, 1.54) is 45.3 Å². The third-order valence-electron chi connectivity index (χ3n) is 5.43. The van der Waals surface area contributed by atoms with E-state index in [2.05, 4.69) is 42.6 Å². The predicted octanol–water partition coefficient (Wildman–Crippen LogP) is 1.46. The minimum atomic E-state index is 0.242. The van der Waals surface area contributed by atoms with E-state index >= 15 is 0 Å².